The van der Waals surface area contributed by atoms with Gasteiger partial charge in [0.15, 0.2) is 0 Å². The normalized spacial score (nSPS) is 12.0. The molecule has 0 spiro atoms. The molecular formula is C14H14ClNO2. The first-order chi connectivity index (χ1) is 8.61. The number of halogens is 1. The highest BCUT2D eigenvalue weighted by atomic mass is 35.5. The Morgan fingerprint density at radius 2 is 2.22 bits per heavy atom. The lowest BCUT2D eigenvalue weighted by Gasteiger charge is -2.03. The molecule has 0 aliphatic rings. The number of hydrogen-bond donors (Lipinski definition) is 1. The Hall–Kier alpha value is -1.74. The van der Waals surface area contributed by atoms with Crippen molar-refractivity contribution in [2.75, 3.05) is 0 Å². The zero-order chi connectivity index (χ0) is 13.1. The number of rotatable bonds is 4. The molecule has 0 saturated carbocycles. The third-order valence-electron chi connectivity index (χ3n) is 2.93. The molecule has 2 rings (SSSR count). The molecule has 0 aliphatic carbocycles. The SMILES string of the molecule is CCC(=CCn1ccc2ccc(Cl)cc21)C(=O)O. The van der Waals surface area contributed by atoms with E-state index >= 15 is 0 Å². The number of aromatic nitrogens is 1. The van der Waals surface area contributed by atoms with Gasteiger partial charge in [-0.25, -0.2) is 4.79 Å². The number of fused-ring (bicyclic) bond motifs is 1. The maximum absolute atomic E-state index is 10.9. The fraction of sp³-hybridized carbons (Fsp3) is 0.214. The van der Waals surface area contributed by atoms with Crippen molar-refractivity contribution in [3.05, 3.63) is 47.1 Å². The molecule has 0 atom stereocenters. The van der Waals surface area contributed by atoms with Crippen LogP contribution >= 0.6 is 11.6 Å². The molecule has 4 heteroatoms. The lowest BCUT2D eigenvalue weighted by molar-refractivity contribution is -0.132. The van der Waals surface area contributed by atoms with E-state index < -0.39 is 5.97 Å². The Kier molecular flexibility index (Phi) is 3.72. The van der Waals surface area contributed by atoms with E-state index in [1.165, 1.54) is 0 Å². The summed E-state index contributed by atoms with van der Waals surface area (Å²) < 4.78 is 1.99. The van der Waals surface area contributed by atoms with Gasteiger partial charge in [-0.15, -0.1) is 0 Å². The van der Waals surface area contributed by atoms with Crippen molar-refractivity contribution in [1.29, 1.82) is 0 Å². The number of carboxylic acids is 1. The number of carbonyl (C=O) groups is 1. The van der Waals surface area contributed by atoms with Crippen LogP contribution in [0.4, 0.5) is 0 Å². The molecular weight excluding hydrogens is 250 g/mol. The monoisotopic (exact) mass is 263 g/mol. The van der Waals surface area contributed by atoms with Crippen LogP contribution in [0.25, 0.3) is 10.9 Å². The van der Waals surface area contributed by atoms with Crippen molar-refractivity contribution in [2.45, 2.75) is 19.9 Å². The van der Waals surface area contributed by atoms with Gasteiger partial charge in [0, 0.05) is 28.9 Å². The first-order valence-corrected chi connectivity index (χ1v) is 6.16. The minimum absolute atomic E-state index is 0.430. The molecule has 0 bridgehead atoms. The number of allylic oxidation sites excluding steroid dienone is 1. The first kappa shape index (κ1) is 12.7. The van der Waals surface area contributed by atoms with Crippen molar-refractivity contribution in [3.63, 3.8) is 0 Å². The molecule has 0 aliphatic heterocycles. The van der Waals surface area contributed by atoms with Gasteiger partial charge in [-0.1, -0.05) is 30.7 Å². The highest BCUT2D eigenvalue weighted by Crippen LogP contribution is 2.20. The van der Waals surface area contributed by atoms with Crippen LogP contribution < -0.4 is 0 Å². The Morgan fingerprint density at radius 1 is 1.44 bits per heavy atom. The molecule has 1 aromatic carbocycles. The molecule has 0 unspecified atom stereocenters. The largest absolute Gasteiger partial charge is 0.478 e. The van der Waals surface area contributed by atoms with Gasteiger partial charge in [-0.3, -0.25) is 0 Å². The average molecular weight is 264 g/mol. The van der Waals surface area contributed by atoms with Gasteiger partial charge in [0.05, 0.1) is 0 Å². The van der Waals surface area contributed by atoms with Crippen LogP contribution in [0.1, 0.15) is 13.3 Å². The minimum atomic E-state index is -0.855. The van der Waals surface area contributed by atoms with Gasteiger partial charge < -0.3 is 9.67 Å². The highest BCUT2D eigenvalue weighted by Gasteiger charge is 2.05. The fourth-order valence-electron chi connectivity index (χ4n) is 1.91. The molecule has 94 valence electrons. The van der Waals surface area contributed by atoms with E-state index in [1.54, 1.807) is 6.08 Å². The summed E-state index contributed by atoms with van der Waals surface area (Å²) in [6, 6.07) is 7.68. The van der Waals surface area contributed by atoms with Crippen LogP contribution in [0.5, 0.6) is 0 Å². The van der Waals surface area contributed by atoms with E-state index in [4.69, 9.17) is 16.7 Å². The van der Waals surface area contributed by atoms with Crippen LogP contribution in [-0.4, -0.2) is 15.6 Å². The Morgan fingerprint density at radius 3 is 2.89 bits per heavy atom. The minimum Gasteiger partial charge on any atom is -0.478 e. The number of carboxylic acid groups (broad SMARTS) is 1. The Balaban J connectivity index is 2.32. The molecule has 0 saturated heterocycles. The van der Waals surface area contributed by atoms with E-state index in [2.05, 4.69) is 0 Å². The number of nitrogens with zero attached hydrogens (tertiary/aromatic N) is 1. The van der Waals surface area contributed by atoms with Crippen molar-refractivity contribution >= 4 is 28.5 Å². The van der Waals surface area contributed by atoms with Gasteiger partial charge in [-0.05, 0) is 30.0 Å². The van der Waals surface area contributed by atoms with Gasteiger partial charge in [0.1, 0.15) is 0 Å². The topological polar surface area (TPSA) is 42.2 Å². The second-order valence-corrected chi connectivity index (χ2v) is 4.50. The van der Waals surface area contributed by atoms with Gasteiger partial charge in [0.25, 0.3) is 0 Å². The van der Waals surface area contributed by atoms with Crippen LogP contribution in [0.2, 0.25) is 5.02 Å². The third kappa shape index (κ3) is 2.57. The highest BCUT2D eigenvalue weighted by molar-refractivity contribution is 6.31. The smallest absolute Gasteiger partial charge is 0.331 e. The van der Waals surface area contributed by atoms with Gasteiger partial charge in [0.2, 0.25) is 0 Å². The van der Waals surface area contributed by atoms with Crippen molar-refractivity contribution in [1.82, 2.24) is 4.57 Å². The standard InChI is InChI=1S/C14H14ClNO2/c1-2-10(14(17)18)5-7-16-8-6-11-3-4-12(15)9-13(11)16/h3-6,8-9H,2,7H2,1H3,(H,17,18). The lowest BCUT2D eigenvalue weighted by Crippen LogP contribution is -2.02. The summed E-state index contributed by atoms with van der Waals surface area (Å²) >= 11 is 5.97. The van der Waals surface area contributed by atoms with Crippen LogP contribution in [0.3, 0.4) is 0 Å². The third-order valence-corrected chi connectivity index (χ3v) is 3.16. The summed E-state index contributed by atoms with van der Waals surface area (Å²) in [6.45, 7) is 2.38. The summed E-state index contributed by atoms with van der Waals surface area (Å²) in [6.07, 6.45) is 4.20. The molecule has 18 heavy (non-hydrogen) atoms. The van der Waals surface area contributed by atoms with Gasteiger partial charge >= 0.3 is 5.97 Å². The number of benzene rings is 1. The summed E-state index contributed by atoms with van der Waals surface area (Å²) in [4.78, 5) is 10.9. The van der Waals surface area contributed by atoms with Crippen LogP contribution in [-0.2, 0) is 11.3 Å². The average Bonchev–Trinajstić information content (AvgIpc) is 2.72. The van der Waals surface area contributed by atoms with Crippen molar-refractivity contribution in [3.8, 4) is 0 Å². The molecule has 3 nitrogen and oxygen atoms in total. The molecule has 0 radical (unpaired) electrons. The van der Waals surface area contributed by atoms with Crippen molar-refractivity contribution in [2.24, 2.45) is 0 Å². The summed E-state index contributed by atoms with van der Waals surface area (Å²) in [5.41, 5.74) is 1.44. The quantitative estimate of drug-likeness (QED) is 0.855. The molecule has 1 heterocycles. The van der Waals surface area contributed by atoms with E-state index in [9.17, 15) is 4.79 Å². The number of hydrogen-bond acceptors (Lipinski definition) is 1. The van der Waals surface area contributed by atoms with Crippen molar-refractivity contribution < 1.29 is 9.90 Å². The van der Waals surface area contributed by atoms with Crippen LogP contribution in [0, 0.1) is 0 Å². The fourth-order valence-corrected chi connectivity index (χ4v) is 2.07. The van der Waals surface area contributed by atoms with E-state index in [0.717, 1.165) is 10.9 Å². The van der Waals surface area contributed by atoms with Gasteiger partial charge in [-0.2, -0.15) is 0 Å². The van der Waals surface area contributed by atoms with E-state index in [0.29, 0.717) is 23.6 Å². The lowest BCUT2D eigenvalue weighted by atomic mass is 10.2. The predicted octanol–water partition coefficient (Wildman–Crippen LogP) is 3.72. The molecule has 2 aromatic rings. The molecule has 1 aromatic heterocycles. The Bertz CT molecular complexity index is 613. The van der Waals surface area contributed by atoms with E-state index in [-0.39, 0.29) is 0 Å². The second kappa shape index (κ2) is 5.27. The summed E-state index contributed by atoms with van der Waals surface area (Å²) in [7, 11) is 0. The summed E-state index contributed by atoms with van der Waals surface area (Å²) in [5.74, 6) is -0.855. The number of aliphatic carboxylic acids is 1. The zero-order valence-electron chi connectivity index (χ0n) is 10.1. The second-order valence-electron chi connectivity index (χ2n) is 4.06. The maximum Gasteiger partial charge on any atom is 0.331 e. The summed E-state index contributed by atoms with van der Waals surface area (Å²) in [5, 5.41) is 10.7. The zero-order valence-corrected chi connectivity index (χ0v) is 10.8. The predicted molar refractivity (Wildman–Crippen MR) is 73.0 cm³/mol. The maximum atomic E-state index is 10.9. The molecule has 0 amide bonds. The van der Waals surface area contributed by atoms with E-state index in [1.807, 2.05) is 42.0 Å². The van der Waals surface area contributed by atoms with Crippen LogP contribution in [0.15, 0.2) is 42.1 Å². The Labute approximate surface area is 110 Å². The molecule has 1 N–H and O–H groups in total. The first-order valence-electron chi connectivity index (χ1n) is 5.78. The molecule has 0 fully saturated rings.